The average molecular weight is 399 g/mol. The van der Waals surface area contributed by atoms with Gasteiger partial charge in [0.05, 0.1) is 12.0 Å². The van der Waals surface area contributed by atoms with Crippen molar-refractivity contribution in [2.45, 2.75) is 38.3 Å². The molecule has 1 N–H and O–H groups in total. The molecule has 2 heterocycles. The van der Waals surface area contributed by atoms with Gasteiger partial charge in [-0.3, -0.25) is 9.59 Å². The number of nitrogens with zero attached hydrogens (tertiary/aromatic N) is 2. The fraction of sp³-hybridized carbons (Fsp3) is 0.500. The summed E-state index contributed by atoms with van der Waals surface area (Å²) in [5.74, 6) is -0.390. The average Bonchev–Trinajstić information content (AvgIpc) is 3.14. The summed E-state index contributed by atoms with van der Waals surface area (Å²) in [7, 11) is 0. The molecule has 3 rings (SSSR count). The molecule has 2 atom stereocenters. The van der Waals surface area contributed by atoms with E-state index in [-0.39, 0.29) is 48.9 Å². The van der Waals surface area contributed by atoms with Crippen molar-refractivity contribution in [2.75, 3.05) is 26.2 Å². The lowest BCUT2D eigenvalue weighted by Gasteiger charge is -2.32. The zero-order valence-corrected chi connectivity index (χ0v) is 16.9. The van der Waals surface area contributed by atoms with Gasteiger partial charge in [0.1, 0.15) is 6.61 Å². The predicted molar refractivity (Wildman–Crippen MR) is 109 cm³/mol. The van der Waals surface area contributed by atoms with E-state index in [4.69, 9.17) is 4.74 Å². The molecule has 7 heteroatoms. The summed E-state index contributed by atoms with van der Waals surface area (Å²) >= 11 is 0. The van der Waals surface area contributed by atoms with E-state index in [1.54, 1.807) is 9.80 Å². The third kappa shape index (κ3) is 5.16. The van der Waals surface area contributed by atoms with E-state index in [1.807, 2.05) is 37.3 Å². The third-order valence-corrected chi connectivity index (χ3v) is 5.70. The Hall–Kier alpha value is -2.83. The molecule has 1 aromatic carbocycles. The van der Waals surface area contributed by atoms with Gasteiger partial charge < -0.3 is 19.9 Å². The SMILES string of the molecule is C=CCOC(=O)N1CCC(NC(=O)C2CC(=O)N(C(C)c3ccccc3)C2)CC1. The van der Waals surface area contributed by atoms with Crippen molar-refractivity contribution in [1.29, 1.82) is 0 Å². The molecule has 2 aliphatic heterocycles. The first kappa shape index (κ1) is 20.9. The fourth-order valence-corrected chi connectivity index (χ4v) is 3.94. The predicted octanol–water partition coefficient (Wildman–Crippen LogP) is 2.50. The number of likely N-dealkylation sites (tertiary alicyclic amines) is 2. The summed E-state index contributed by atoms with van der Waals surface area (Å²) in [5, 5.41) is 3.07. The second kappa shape index (κ2) is 9.58. The summed E-state index contributed by atoms with van der Waals surface area (Å²) in [4.78, 5) is 40.5. The van der Waals surface area contributed by atoms with Crippen LogP contribution in [0.25, 0.3) is 0 Å². The highest BCUT2D eigenvalue weighted by atomic mass is 16.6. The lowest BCUT2D eigenvalue weighted by atomic mass is 10.0. The van der Waals surface area contributed by atoms with Crippen LogP contribution in [0.3, 0.4) is 0 Å². The molecule has 29 heavy (non-hydrogen) atoms. The Morgan fingerprint density at radius 2 is 1.97 bits per heavy atom. The Morgan fingerprint density at radius 3 is 2.62 bits per heavy atom. The van der Waals surface area contributed by atoms with Gasteiger partial charge in [-0.2, -0.15) is 0 Å². The minimum atomic E-state index is -0.346. The molecule has 156 valence electrons. The summed E-state index contributed by atoms with van der Waals surface area (Å²) in [6.07, 6.45) is 2.80. The second-order valence-electron chi connectivity index (χ2n) is 7.67. The lowest BCUT2D eigenvalue weighted by Crippen LogP contribution is -2.48. The molecule has 1 aromatic rings. The van der Waals surface area contributed by atoms with Gasteiger partial charge in [0, 0.05) is 32.1 Å². The molecular formula is C22H29N3O4. The van der Waals surface area contributed by atoms with Crippen molar-refractivity contribution < 1.29 is 19.1 Å². The molecule has 0 aromatic heterocycles. The van der Waals surface area contributed by atoms with Gasteiger partial charge in [-0.15, -0.1) is 0 Å². The molecule has 2 aliphatic rings. The topological polar surface area (TPSA) is 79.0 Å². The maximum atomic E-state index is 12.7. The molecule has 0 spiro atoms. The quantitative estimate of drug-likeness (QED) is 0.746. The summed E-state index contributed by atoms with van der Waals surface area (Å²) < 4.78 is 5.05. The minimum Gasteiger partial charge on any atom is -0.445 e. The Kier molecular flexibility index (Phi) is 6.90. The summed E-state index contributed by atoms with van der Waals surface area (Å²) in [6, 6.07) is 9.82. The van der Waals surface area contributed by atoms with Crippen molar-refractivity contribution in [1.82, 2.24) is 15.1 Å². The number of rotatable bonds is 6. The van der Waals surface area contributed by atoms with Crippen LogP contribution in [-0.2, 0) is 14.3 Å². The largest absolute Gasteiger partial charge is 0.445 e. The van der Waals surface area contributed by atoms with Crippen LogP contribution in [-0.4, -0.2) is 60.0 Å². The van der Waals surface area contributed by atoms with Crippen molar-refractivity contribution in [3.63, 3.8) is 0 Å². The number of ether oxygens (including phenoxy) is 1. The van der Waals surface area contributed by atoms with Gasteiger partial charge in [0.2, 0.25) is 11.8 Å². The van der Waals surface area contributed by atoms with Gasteiger partial charge in [-0.1, -0.05) is 43.0 Å². The third-order valence-electron chi connectivity index (χ3n) is 5.70. The van der Waals surface area contributed by atoms with Crippen LogP contribution in [0.2, 0.25) is 0 Å². The highest BCUT2D eigenvalue weighted by Crippen LogP contribution is 2.28. The molecular weight excluding hydrogens is 370 g/mol. The van der Waals surface area contributed by atoms with Crippen molar-refractivity contribution in [3.8, 4) is 0 Å². The standard InChI is InChI=1S/C22H29N3O4/c1-3-13-29-22(28)24-11-9-19(10-12-24)23-21(27)18-14-20(26)25(15-18)16(2)17-7-5-4-6-8-17/h3-8,16,18-19H,1,9-15H2,2H3,(H,23,27). The van der Waals surface area contributed by atoms with Crippen molar-refractivity contribution >= 4 is 17.9 Å². The minimum absolute atomic E-state index is 0.0151. The van der Waals surface area contributed by atoms with Crippen molar-refractivity contribution in [3.05, 3.63) is 48.6 Å². The molecule has 7 nitrogen and oxygen atoms in total. The molecule has 0 aliphatic carbocycles. The molecule has 2 fully saturated rings. The number of carbonyl (C=O) groups excluding carboxylic acids is 3. The second-order valence-corrected chi connectivity index (χ2v) is 7.67. The van der Waals surface area contributed by atoms with Gasteiger partial charge in [0.25, 0.3) is 0 Å². The van der Waals surface area contributed by atoms with E-state index in [9.17, 15) is 14.4 Å². The van der Waals surface area contributed by atoms with Crippen LogP contribution in [0.5, 0.6) is 0 Å². The van der Waals surface area contributed by atoms with Crippen molar-refractivity contribution in [2.24, 2.45) is 5.92 Å². The summed E-state index contributed by atoms with van der Waals surface area (Å²) in [5.41, 5.74) is 1.07. The Morgan fingerprint density at radius 1 is 1.28 bits per heavy atom. The monoisotopic (exact) mass is 399 g/mol. The first-order chi connectivity index (χ1) is 14.0. The highest BCUT2D eigenvalue weighted by molar-refractivity contribution is 5.89. The lowest BCUT2D eigenvalue weighted by molar-refractivity contribution is -0.130. The first-order valence-electron chi connectivity index (χ1n) is 10.2. The zero-order chi connectivity index (χ0) is 20.8. The van der Waals surface area contributed by atoms with Crippen LogP contribution in [0.1, 0.15) is 37.8 Å². The molecule has 0 saturated carbocycles. The number of piperidine rings is 1. The van der Waals surface area contributed by atoms with Gasteiger partial charge in [-0.05, 0) is 25.3 Å². The maximum Gasteiger partial charge on any atom is 0.410 e. The number of nitrogens with one attached hydrogen (secondary N) is 1. The molecule has 2 saturated heterocycles. The molecule has 0 radical (unpaired) electrons. The van der Waals surface area contributed by atoms with Crippen LogP contribution >= 0.6 is 0 Å². The van der Waals surface area contributed by atoms with Gasteiger partial charge >= 0.3 is 6.09 Å². The number of amides is 3. The highest BCUT2D eigenvalue weighted by Gasteiger charge is 2.38. The van der Waals surface area contributed by atoms with Crippen LogP contribution < -0.4 is 5.32 Å². The zero-order valence-electron chi connectivity index (χ0n) is 16.9. The first-order valence-corrected chi connectivity index (χ1v) is 10.2. The van der Waals surface area contributed by atoms with E-state index in [2.05, 4.69) is 11.9 Å². The molecule has 3 amide bonds. The summed E-state index contributed by atoms with van der Waals surface area (Å²) in [6.45, 7) is 7.25. The Labute approximate surface area is 171 Å². The van der Waals surface area contributed by atoms with E-state index >= 15 is 0 Å². The molecule has 2 unspecified atom stereocenters. The van der Waals surface area contributed by atoms with E-state index in [1.165, 1.54) is 6.08 Å². The van der Waals surface area contributed by atoms with Gasteiger partial charge in [0.15, 0.2) is 0 Å². The Bertz CT molecular complexity index is 744. The normalized spacial score (nSPS) is 21.0. The maximum absolute atomic E-state index is 12.7. The van der Waals surface area contributed by atoms with E-state index in [0.29, 0.717) is 32.5 Å². The Balaban J connectivity index is 1.48. The number of benzene rings is 1. The molecule has 0 bridgehead atoms. The van der Waals surface area contributed by atoms with E-state index < -0.39 is 0 Å². The fourth-order valence-electron chi connectivity index (χ4n) is 3.94. The van der Waals surface area contributed by atoms with Crippen LogP contribution in [0.4, 0.5) is 4.79 Å². The van der Waals surface area contributed by atoms with Crippen LogP contribution in [0, 0.1) is 5.92 Å². The van der Waals surface area contributed by atoms with Crippen LogP contribution in [0.15, 0.2) is 43.0 Å². The number of hydrogen-bond acceptors (Lipinski definition) is 4. The number of hydrogen-bond donors (Lipinski definition) is 1. The number of carbonyl (C=O) groups is 3. The van der Waals surface area contributed by atoms with E-state index in [0.717, 1.165) is 5.56 Å². The smallest absolute Gasteiger partial charge is 0.410 e. The van der Waals surface area contributed by atoms with Gasteiger partial charge in [-0.25, -0.2) is 4.79 Å².